The van der Waals surface area contributed by atoms with Crippen LogP contribution in [0, 0.1) is 0 Å². The van der Waals surface area contributed by atoms with Gasteiger partial charge in [0, 0.05) is 17.5 Å². The first kappa shape index (κ1) is 17.2. The van der Waals surface area contributed by atoms with Crippen LogP contribution < -0.4 is 10.0 Å². The van der Waals surface area contributed by atoms with Gasteiger partial charge in [0.05, 0.1) is 11.4 Å². The van der Waals surface area contributed by atoms with Crippen molar-refractivity contribution >= 4 is 15.9 Å². The van der Waals surface area contributed by atoms with Gasteiger partial charge in [-0.3, -0.25) is 4.79 Å². The lowest BCUT2D eigenvalue weighted by molar-refractivity contribution is 0.0946. The number of hydrogen-bond acceptors (Lipinski definition) is 6. The summed E-state index contributed by atoms with van der Waals surface area (Å²) in [5, 5.41) is 6.57. The van der Waals surface area contributed by atoms with E-state index in [4.69, 9.17) is 4.52 Å². The van der Waals surface area contributed by atoms with E-state index in [0.717, 1.165) is 32.1 Å². The highest BCUT2D eigenvalue weighted by Crippen LogP contribution is 2.38. The molecule has 2 aliphatic rings. The van der Waals surface area contributed by atoms with Crippen molar-refractivity contribution in [3.05, 3.63) is 41.5 Å². The third kappa shape index (κ3) is 3.78. The van der Waals surface area contributed by atoms with Gasteiger partial charge in [-0.2, -0.15) is 4.98 Å². The second kappa shape index (κ2) is 6.81. The number of carbonyl (C=O) groups excluding carboxylic acids is 1. The van der Waals surface area contributed by atoms with Crippen LogP contribution in [0.4, 0.5) is 0 Å². The van der Waals surface area contributed by atoms with Gasteiger partial charge >= 0.3 is 0 Å². The maximum absolute atomic E-state index is 12.4. The van der Waals surface area contributed by atoms with Gasteiger partial charge in [-0.25, -0.2) is 13.1 Å². The number of nitrogens with zero attached hydrogens (tertiary/aromatic N) is 2. The van der Waals surface area contributed by atoms with Crippen LogP contribution in [0.3, 0.4) is 0 Å². The molecule has 2 fully saturated rings. The smallest absolute Gasteiger partial charge is 0.251 e. The van der Waals surface area contributed by atoms with E-state index >= 15 is 0 Å². The topological polar surface area (TPSA) is 114 Å². The van der Waals surface area contributed by atoms with Gasteiger partial charge in [0.15, 0.2) is 5.82 Å². The van der Waals surface area contributed by atoms with Crippen LogP contribution >= 0.6 is 0 Å². The molecule has 0 atom stereocenters. The number of benzene rings is 1. The molecular weight excluding hydrogens is 356 g/mol. The van der Waals surface area contributed by atoms with Crippen molar-refractivity contribution < 1.29 is 17.7 Å². The molecule has 1 amide bonds. The van der Waals surface area contributed by atoms with E-state index in [1.165, 1.54) is 12.1 Å². The summed E-state index contributed by atoms with van der Waals surface area (Å²) in [7, 11) is -3.61. The molecule has 0 saturated heterocycles. The summed E-state index contributed by atoms with van der Waals surface area (Å²) >= 11 is 0. The van der Waals surface area contributed by atoms with E-state index in [1.54, 1.807) is 12.1 Å². The first-order chi connectivity index (χ1) is 12.5. The summed E-state index contributed by atoms with van der Waals surface area (Å²) in [4.78, 5) is 16.7. The Hall–Kier alpha value is -2.26. The molecule has 26 heavy (non-hydrogen) atoms. The van der Waals surface area contributed by atoms with E-state index in [1.807, 2.05) is 0 Å². The van der Waals surface area contributed by atoms with Crippen molar-refractivity contribution in [1.29, 1.82) is 0 Å². The Labute approximate surface area is 151 Å². The molecular formula is C17H20N4O4S. The van der Waals surface area contributed by atoms with Gasteiger partial charge in [-0.15, -0.1) is 0 Å². The van der Waals surface area contributed by atoms with Crippen LogP contribution in [0.1, 0.15) is 60.1 Å². The fourth-order valence-electron chi connectivity index (χ4n) is 2.72. The molecule has 1 aromatic heterocycles. The molecule has 0 bridgehead atoms. The van der Waals surface area contributed by atoms with E-state index in [2.05, 4.69) is 20.2 Å². The Morgan fingerprint density at radius 2 is 2.04 bits per heavy atom. The first-order valence-corrected chi connectivity index (χ1v) is 10.2. The highest BCUT2D eigenvalue weighted by Gasteiger charge is 2.29. The average Bonchev–Trinajstić information content (AvgIpc) is 3.35. The van der Waals surface area contributed by atoms with Crippen molar-refractivity contribution in [2.75, 3.05) is 0 Å². The van der Waals surface area contributed by atoms with Gasteiger partial charge in [-0.1, -0.05) is 17.6 Å². The molecule has 1 aromatic carbocycles. The van der Waals surface area contributed by atoms with Crippen molar-refractivity contribution in [3.63, 3.8) is 0 Å². The third-order valence-corrected chi connectivity index (χ3v) is 6.18. The second-order valence-electron chi connectivity index (χ2n) is 6.78. The summed E-state index contributed by atoms with van der Waals surface area (Å²) in [6.07, 6.45) is 4.88. The number of sulfonamides is 1. The minimum Gasteiger partial charge on any atom is -0.343 e. The molecule has 1 heterocycles. The first-order valence-electron chi connectivity index (χ1n) is 8.74. The monoisotopic (exact) mass is 376 g/mol. The summed E-state index contributed by atoms with van der Waals surface area (Å²) in [6, 6.07) is 5.98. The predicted molar refractivity (Wildman–Crippen MR) is 91.8 cm³/mol. The zero-order valence-electron chi connectivity index (χ0n) is 14.1. The maximum atomic E-state index is 12.4. The van der Waals surface area contributed by atoms with E-state index < -0.39 is 15.9 Å². The zero-order valence-corrected chi connectivity index (χ0v) is 15.0. The summed E-state index contributed by atoms with van der Waals surface area (Å²) in [6.45, 7) is 0.107. The van der Waals surface area contributed by atoms with Gasteiger partial charge in [0.1, 0.15) is 0 Å². The highest BCUT2D eigenvalue weighted by atomic mass is 32.2. The number of amides is 1. The fourth-order valence-corrected chi connectivity index (χ4v) is 4.07. The number of hydrogen-bond donors (Lipinski definition) is 2. The Balaban J connectivity index is 1.40. The lowest BCUT2D eigenvalue weighted by Crippen LogP contribution is -2.39. The van der Waals surface area contributed by atoms with Crippen LogP contribution in [-0.4, -0.2) is 30.5 Å². The minimum atomic E-state index is -3.61. The predicted octanol–water partition coefficient (Wildman–Crippen LogP) is 1.71. The van der Waals surface area contributed by atoms with Crippen LogP contribution in [0.25, 0.3) is 0 Å². The molecule has 9 heteroatoms. The van der Waals surface area contributed by atoms with Crippen LogP contribution in [0.5, 0.6) is 0 Å². The standard InChI is InChI=1S/C17H20N4O4S/c22-17(18-10-15-19-16(20-25-15)11-7-8-11)12-3-1-6-14(9-12)26(23,24)21-13-4-2-5-13/h1,3,6,9,11,13,21H,2,4-5,7-8,10H2,(H,18,22). The summed E-state index contributed by atoms with van der Waals surface area (Å²) in [5.41, 5.74) is 0.267. The average molecular weight is 376 g/mol. The molecule has 2 aliphatic carbocycles. The molecule has 2 aromatic rings. The van der Waals surface area contributed by atoms with Crippen molar-refractivity contribution in [2.24, 2.45) is 0 Å². The van der Waals surface area contributed by atoms with Crippen molar-refractivity contribution in [3.8, 4) is 0 Å². The fraction of sp³-hybridized carbons (Fsp3) is 0.471. The van der Waals surface area contributed by atoms with Crippen molar-refractivity contribution in [2.45, 2.75) is 55.5 Å². The normalized spacial score (nSPS) is 17.7. The Morgan fingerprint density at radius 3 is 2.73 bits per heavy atom. The minimum absolute atomic E-state index is 0.00401. The Morgan fingerprint density at radius 1 is 1.23 bits per heavy atom. The molecule has 0 aliphatic heterocycles. The molecule has 4 rings (SSSR count). The molecule has 0 radical (unpaired) electrons. The molecule has 2 N–H and O–H groups in total. The maximum Gasteiger partial charge on any atom is 0.251 e. The molecule has 2 saturated carbocycles. The van der Waals surface area contributed by atoms with Gasteiger partial charge in [0.2, 0.25) is 15.9 Å². The van der Waals surface area contributed by atoms with Gasteiger partial charge < -0.3 is 9.84 Å². The molecule has 138 valence electrons. The zero-order chi connectivity index (χ0) is 18.1. The van der Waals surface area contributed by atoms with Crippen LogP contribution in [-0.2, 0) is 16.6 Å². The second-order valence-corrected chi connectivity index (χ2v) is 8.49. The quantitative estimate of drug-likeness (QED) is 0.760. The Bertz CT molecular complexity index is 916. The lowest BCUT2D eigenvalue weighted by Gasteiger charge is -2.26. The van der Waals surface area contributed by atoms with Crippen molar-refractivity contribution in [1.82, 2.24) is 20.2 Å². The van der Waals surface area contributed by atoms with E-state index in [9.17, 15) is 13.2 Å². The largest absolute Gasteiger partial charge is 0.343 e. The summed E-state index contributed by atoms with van der Waals surface area (Å²) in [5.74, 6) is 1.02. The number of rotatable bonds is 7. The third-order valence-electron chi connectivity index (χ3n) is 4.66. The summed E-state index contributed by atoms with van der Waals surface area (Å²) < 4.78 is 32.5. The Kier molecular flexibility index (Phi) is 4.49. The molecule has 8 nitrogen and oxygen atoms in total. The lowest BCUT2D eigenvalue weighted by atomic mass is 9.94. The molecule has 0 spiro atoms. The van der Waals surface area contributed by atoms with Gasteiger partial charge in [0.25, 0.3) is 5.91 Å². The number of carbonyl (C=O) groups is 1. The number of nitrogens with one attached hydrogen (secondary N) is 2. The van der Waals surface area contributed by atoms with E-state index in [0.29, 0.717) is 17.6 Å². The SMILES string of the molecule is O=C(NCc1nc(C2CC2)no1)c1cccc(S(=O)(=O)NC2CCC2)c1. The highest BCUT2D eigenvalue weighted by molar-refractivity contribution is 7.89. The van der Waals surface area contributed by atoms with Crippen LogP contribution in [0.2, 0.25) is 0 Å². The number of aromatic nitrogens is 2. The van der Waals surface area contributed by atoms with Gasteiger partial charge in [-0.05, 0) is 43.9 Å². The van der Waals surface area contributed by atoms with Crippen LogP contribution in [0.15, 0.2) is 33.7 Å². The van der Waals surface area contributed by atoms with E-state index in [-0.39, 0.29) is 23.0 Å². The molecule has 0 unspecified atom stereocenters.